The number of benzene rings is 2. The van der Waals surface area contributed by atoms with E-state index in [9.17, 15) is 14.4 Å². The zero-order chi connectivity index (χ0) is 21.1. The summed E-state index contributed by atoms with van der Waals surface area (Å²) in [6.07, 6.45) is 4.25. The molecule has 0 saturated carbocycles. The van der Waals surface area contributed by atoms with Crippen molar-refractivity contribution in [3.8, 4) is 0 Å². The standard InChI is InChI=1S/C23H21N3O4/c1-2-23(14-13-20(28)26-22(23)29)15-7-9-16(10-8-15)24-19(27)11-12-21-25-17-5-3-4-6-18(17)30-21/h3-12H,2,13-14H2,1H3,(H,24,27)(H,26,28,29)/b12-11+. The summed E-state index contributed by atoms with van der Waals surface area (Å²) in [5.74, 6) is -0.473. The Bertz CT molecular complexity index is 1110. The van der Waals surface area contributed by atoms with Gasteiger partial charge in [0.1, 0.15) is 5.52 Å². The highest BCUT2D eigenvalue weighted by Crippen LogP contribution is 2.36. The summed E-state index contributed by atoms with van der Waals surface area (Å²) in [6.45, 7) is 1.93. The summed E-state index contributed by atoms with van der Waals surface area (Å²) in [5, 5.41) is 5.21. The predicted molar refractivity (Wildman–Crippen MR) is 112 cm³/mol. The number of para-hydroxylation sites is 2. The maximum atomic E-state index is 12.5. The third-order valence-corrected chi connectivity index (χ3v) is 5.46. The first kappa shape index (κ1) is 19.6. The molecule has 1 unspecified atom stereocenters. The molecule has 30 heavy (non-hydrogen) atoms. The highest BCUT2D eigenvalue weighted by molar-refractivity contribution is 6.04. The van der Waals surface area contributed by atoms with Gasteiger partial charge >= 0.3 is 0 Å². The quantitative estimate of drug-likeness (QED) is 0.501. The van der Waals surface area contributed by atoms with Crippen LogP contribution in [0, 0.1) is 0 Å². The molecule has 1 atom stereocenters. The number of carbonyl (C=O) groups excluding carboxylic acids is 3. The van der Waals surface area contributed by atoms with Crippen LogP contribution in [0.25, 0.3) is 17.2 Å². The molecule has 0 radical (unpaired) electrons. The minimum Gasteiger partial charge on any atom is -0.437 e. The number of rotatable bonds is 5. The fourth-order valence-corrected chi connectivity index (χ4v) is 3.73. The van der Waals surface area contributed by atoms with Gasteiger partial charge in [0.15, 0.2) is 5.58 Å². The molecule has 1 saturated heterocycles. The highest BCUT2D eigenvalue weighted by atomic mass is 16.3. The van der Waals surface area contributed by atoms with E-state index in [-0.39, 0.29) is 17.7 Å². The number of carbonyl (C=O) groups is 3. The first-order chi connectivity index (χ1) is 14.5. The Morgan fingerprint density at radius 3 is 2.67 bits per heavy atom. The largest absolute Gasteiger partial charge is 0.437 e. The fourth-order valence-electron chi connectivity index (χ4n) is 3.73. The number of amides is 3. The number of aromatic nitrogens is 1. The second kappa shape index (κ2) is 7.94. The van der Waals surface area contributed by atoms with Crippen LogP contribution < -0.4 is 10.6 Å². The topological polar surface area (TPSA) is 101 Å². The maximum Gasteiger partial charge on any atom is 0.248 e. The van der Waals surface area contributed by atoms with E-state index in [4.69, 9.17) is 4.42 Å². The summed E-state index contributed by atoms with van der Waals surface area (Å²) >= 11 is 0. The minimum absolute atomic E-state index is 0.237. The average Bonchev–Trinajstić information content (AvgIpc) is 3.17. The SMILES string of the molecule is CCC1(c2ccc(NC(=O)/C=C/c3nc4ccccc4o3)cc2)CCC(=O)NC1=O. The predicted octanol–water partition coefficient (Wildman–Crippen LogP) is 3.56. The summed E-state index contributed by atoms with van der Waals surface area (Å²) in [5.41, 5.74) is 2.10. The normalized spacial score (nSPS) is 19.2. The maximum absolute atomic E-state index is 12.5. The number of hydrogen-bond acceptors (Lipinski definition) is 5. The zero-order valence-electron chi connectivity index (χ0n) is 16.5. The van der Waals surface area contributed by atoms with E-state index in [0.717, 1.165) is 11.1 Å². The Labute approximate surface area is 173 Å². The number of piperidine rings is 1. The van der Waals surface area contributed by atoms with Gasteiger partial charge in [-0.1, -0.05) is 31.2 Å². The molecule has 7 heteroatoms. The molecule has 3 amide bonds. The van der Waals surface area contributed by atoms with Crippen LogP contribution in [0.2, 0.25) is 0 Å². The van der Waals surface area contributed by atoms with Crippen molar-refractivity contribution in [3.63, 3.8) is 0 Å². The molecule has 4 rings (SSSR count). The Morgan fingerprint density at radius 2 is 1.97 bits per heavy atom. The number of hydrogen-bond donors (Lipinski definition) is 2. The molecule has 0 bridgehead atoms. The van der Waals surface area contributed by atoms with Crippen molar-refractivity contribution in [3.05, 3.63) is 66.1 Å². The van der Waals surface area contributed by atoms with Crippen LogP contribution in [0.4, 0.5) is 5.69 Å². The van der Waals surface area contributed by atoms with Crippen LogP contribution in [0.5, 0.6) is 0 Å². The first-order valence-electron chi connectivity index (χ1n) is 9.80. The van der Waals surface area contributed by atoms with Gasteiger partial charge < -0.3 is 9.73 Å². The summed E-state index contributed by atoms with van der Waals surface area (Å²) < 4.78 is 5.55. The fraction of sp³-hybridized carbons (Fsp3) is 0.217. The monoisotopic (exact) mass is 403 g/mol. The van der Waals surface area contributed by atoms with E-state index in [1.807, 2.05) is 43.3 Å². The molecule has 7 nitrogen and oxygen atoms in total. The second-order valence-corrected chi connectivity index (χ2v) is 7.23. The third-order valence-electron chi connectivity index (χ3n) is 5.46. The van der Waals surface area contributed by atoms with Gasteiger partial charge in [-0.3, -0.25) is 19.7 Å². The minimum atomic E-state index is -0.719. The van der Waals surface area contributed by atoms with Gasteiger partial charge in [0, 0.05) is 24.3 Å². The van der Waals surface area contributed by atoms with Gasteiger partial charge in [0.2, 0.25) is 23.6 Å². The van der Waals surface area contributed by atoms with Crippen molar-refractivity contribution in [1.29, 1.82) is 0 Å². The molecule has 0 aliphatic carbocycles. The Kier molecular flexibility index (Phi) is 5.18. The smallest absolute Gasteiger partial charge is 0.248 e. The van der Waals surface area contributed by atoms with E-state index in [1.54, 1.807) is 12.1 Å². The first-order valence-corrected chi connectivity index (χ1v) is 9.80. The number of nitrogens with zero attached hydrogens (tertiary/aromatic N) is 1. The lowest BCUT2D eigenvalue weighted by Gasteiger charge is -2.35. The molecular weight excluding hydrogens is 382 g/mol. The summed E-state index contributed by atoms with van der Waals surface area (Å²) in [6, 6.07) is 14.5. The van der Waals surface area contributed by atoms with Crippen LogP contribution >= 0.6 is 0 Å². The van der Waals surface area contributed by atoms with Crippen molar-refractivity contribution < 1.29 is 18.8 Å². The van der Waals surface area contributed by atoms with Crippen molar-refractivity contribution in [1.82, 2.24) is 10.3 Å². The van der Waals surface area contributed by atoms with Crippen LogP contribution in [-0.4, -0.2) is 22.7 Å². The molecule has 1 aromatic heterocycles. The Hall–Kier alpha value is -3.74. The molecule has 2 N–H and O–H groups in total. The average molecular weight is 403 g/mol. The number of imide groups is 1. The molecule has 2 heterocycles. The lowest BCUT2D eigenvalue weighted by Crippen LogP contribution is -2.51. The van der Waals surface area contributed by atoms with Gasteiger partial charge in [-0.05, 0) is 42.7 Å². The number of anilines is 1. The van der Waals surface area contributed by atoms with Crippen molar-refractivity contribution in [2.75, 3.05) is 5.32 Å². The third kappa shape index (κ3) is 3.74. The van der Waals surface area contributed by atoms with Crippen LogP contribution in [-0.2, 0) is 19.8 Å². The van der Waals surface area contributed by atoms with E-state index in [0.29, 0.717) is 36.4 Å². The summed E-state index contributed by atoms with van der Waals surface area (Å²) in [7, 11) is 0. The molecule has 1 aliphatic rings. The molecule has 1 aliphatic heterocycles. The van der Waals surface area contributed by atoms with Crippen LogP contribution in [0.3, 0.4) is 0 Å². The van der Waals surface area contributed by atoms with E-state index in [2.05, 4.69) is 15.6 Å². The van der Waals surface area contributed by atoms with Crippen molar-refractivity contribution >= 4 is 40.6 Å². The molecule has 152 valence electrons. The highest BCUT2D eigenvalue weighted by Gasteiger charge is 2.42. The number of fused-ring (bicyclic) bond motifs is 1. The van der Waals surface area contributed by atoms with E-state index < -0.39 is 5.41 Å². The van der Waals surface area contributed by atoms with E-state index >= 15 is 0 Å². The van der Waals surface area contributed by atoms with Gasteiger partial charge in [-0.15, -0.1) is 0 Å². The van der Waals surface area contributed by atoms with Crippen molar-refractivity contribution in [2.24, 2.45) is 0 Å². The van der Waals surface area contributed by atoms with E-state index in [1.165, 1.54) is 12.2 Å². The lowest BCUT2D eigenvalue weighted by atomic mass is 9.72. The molecule has 2 aromatic carbocycles. The van der Waals surface area contributed by atoms with Gasteiger partial charge in [-0.25, -0.2) is 4.98 Å². The number of nitrogens with one attached hydrogen (secondary N) is 2. The molecule has 3 aromatic rings. The zero-order valence-corrected chi connectivity index (χ0v) is 16.5. The van der Waals surface area contributed by atoms with Crippen LogP contribution in [0.15, 0.2) is 59.0 Å². The van der Waals surface area contributed by atoms with Crippen LogP contribution in [0.1, 0.15) is 37.6 Å². The van der Waals surface area contributed by atoms with Gasteiger partial charge in [0.25, 0.3) is 0 Å². The van der Waals surface area contributed by atoms with Crippen molar-refractivity contribution in [2.45, 2.75) is 31.6 Å². The number of oxazole rings is 1. The Balaban J connectivity index is 1.44. The molecule has 1 fully saturated rings. The lowest BCUT2D eigenvalue weighted by molar-refractivity contribution is -0.138. The second-order valence-electron chi connectivity index (χ2n) is 7.23. The Morgan fingerprint density at radius 1 is 1.20 bits per heavy atom. The molecule has 0 spiro atoms. The summed E-state index contributed by atoms with van der Waals surface area (Å²) in [4.78, 5) is 40.5. The molecular formula is C23H21N3O4. The van der Waals surface area contributed by atoms with Gasteiger partial charge in [-0.2, -0.15) is 0 Å². The van der Waals surface area contributed by atoms with Gasteiger partial charge in [0.05, 0.1) is 5.41 Å².